The number of fused-ring (bicyclic) bond motifs is 1. The van der Waals surface area contributed by atoms with Gasteiger partial charge in [-0.3, -0.25) is 9.59 Å². The van der Waals surface area contributed by atoms with Gasteiger partial charge in [0.1, 0.15) is 6.23 Å². The number of nitrogens with zero attached hydrogens (tertiary/aromatic N) is 2. The number of hydrogen-bond acceptors (Lipinski definition) is 6. The molecule has 7 heteroatoms. The zero-order valence-corrected chi connectivity index (χ0v) is 12.5. The summed E-state index contributed by atoms with van der Waals surface area (Å²) in [4.78, 5) is 38.5. The summed E-state index contributed by atoms with van der Waals surface area (Å²) < 4.78 is 10.0. The maximum absolute atomic E-state index is 12.2. The molecule has 2 rings (SSSR count). The number of hydrogen-bond donors (Lipinski definition) is 0. The highest BCUT2D eigenvalue weighted by Gasteiger charge is 2.37. The SMILES string of the molecule is COC(=O)C(=O)C(C)=CN1CC(=O)N2[C@H](C)CCO[C@H]2C1. The van der Waals surface area contributed by atoms with Gasteiger partial charge in [0.15, 0.2) is 0 Å². The molecule has 0 aromatic rings. The van der Waals surface area contributed by atoms with Crippen molar-refractivity contribution in [2.45, 2.75) is 32.5 Å². The van der Waals surface area contributed by atoms with E-state index in [1.807, 2.05) is 6.92 Å². The van der Waals surface area contributed by atoms with Crippen LogP contribution in [0.5, 0.6) is 0 Å². The number of carbonyl (C=O) groups is 3. The van der Waals surface area contributed by atoms with Crippen LogP contribution in [-0.4, -0.2) is 66.5 Å². The molecule has 0 radical (unpaired) electrons. The van der Waals surface area contributed by atoms with Crippen LogP contribution in [0.3, 0.4) is 0 Å². The fourth-order valence-corrected chi connectivity index (χ4v) is 2.63. The highest BCUT2D eigenvalue weighted by molar-refractivity contribution is 6.40. The quantitative estimate of drug-likeness (QED) is 0.412. The van der Waals surface area contributed by atoms with Crippen molar-refractivity contribution in [3.05, 3.63) is 11.8 Å². The maximum atomic E-state index is 12.2. The van der Waals surface area contributed by atoms with E-state index < -0.39 is 11.8 Å². The molecule has 1 amide bonds. The van der Waals surface area contributed by atoms with Gasteiger partial charge in [-0.15, -0.1) is 0 Å². The van der Waals surface area contributed by atoms with Crippen molar-refractivity contribution in [3.8, 4) is 0 Å². The monoisotopic (exact) mass is 296 g/mol. The predicted octanol–water partition coefficient (Wildman–Crippen LogP) is -0.0886. The van der Waals surface area contributed by atoms with E-state index in [1.165, 1.54) is 13.1 Å². The number of methoxy groups -OCH3 is 1. The van der Waals surface area contributed by atoms with Crippen molar-refractivity contribution in [2.75, 3.05) is 26.8 Å². The zero-order chi connectivity index (χ0) is 15.6. The van der Waals surface area contributed by atoms with E-state index in [9.17, 15) is 14.4 Å². The first-order valence-corrected chi connectivity index (χ1v) is 6.92. The molecule has 116 valence electrons. The Morgan fingerprint density at radius 1 is 1.43 bits per heavy atom. The number of amides is 1. The van der Waals surface area contributed by atoms with Gasteiger partial charge >= 0.3 is 5.97 Å². The van der Waals surface area contributed by atoms with E-state index in [-0.39, 0.29) is 30.3 Å². The van der Waals surface area contributed by atoms with Crippen LogP contribution in [0, 0.1) is 0 Å². The number of ether oxygens (including phenoxy) is 2. The van der Waals surface area contributed by atoms with Crippen LogP contribution in [0.15, 0.2) is 11.8 Å². The molecule has 0 aromatic heterocycles. The second-order valence-corrected chi connectivity index (χ2v) is 5.33. The highest BCUT2D eigenvalue weighted by atomic mass is 16.5. The Labute approximate surface area is 123 Å². The minimum Gasteiger partial charge on any atom is -0.463 e. The van der Waals surface area contributed by atoms with Crippen LogP contribution in [0.1, 0.15) is 20.3 Å². The Bertz CT molecular complexity index is 488. The van der Waals surface area contributed by atoms with Crippen molar-refractivity contribution in [1.29, 1.82) is 0 Å². The smallest absolute Gasteiger partial charge is 0.379 e. The molecule has 0 aliphatic carbocycles. The molecule has 2 fully saturated rings. The van der Waals surface area contributed by atoms with Crippen LogP contribution in [0.2, 0.25) is 0 Å². The van der Waals surface area contributed by atoms with Crippen molar-refractivity contribution in [1.82, 2.24) is 9.80 Å². The Morgan fingerprint density at radius 2 is 2.14 bits per heavy atom. The molecular formula is C14H20N2O5. The van der Waals surface area contributed by atoms with Crippen LogP contribution in [0.25, 0.3) is 0 Å². The second-order valence-electron chi connectivity index (χ2n) is 5.33. The van der Waals surface area contributed by atoms with Gasteiger partial charge in [0.25, 0.3) is 5.78 Å². The van der Waals surface area contributed by atoms with Gasteiger partial charge in [-0.2, -0.15) is 0 Å². The molecule has 0 bridgehead atoms. The maximum Gasteiger partial charge on any atom is 0.379 e. The van der Waals surface area contributed by atoms with Gasteiger partial charge in [0.2, 0.25) is 5.91 Å². The number of Topliss-reactive ketones (excluding diaryl/α,β-unsaturated/α-hetero) is 1. The van der Waals surface area contributed by atoms with Gasteiger partial charge in [0.05, 0.1) is 26.8 Å². The normalized spacial score (nSPS) is 26.4. The number of rotatable bonds is 3. The summed E-state index contributed by atoms with van der Waals surface area (Å²) in [5.74, 6) is -1.64. The lowest BCUT2D eigenvalue weighted by molar-refractivity contribution is -0.175. The van der Waals surface area contributed by atoms with Gasteiger partial charge in [-0.1, -0.05) is 0 Å². The van der Waals surface area contributed by atoms with Crippen LogP contribution < -0.4 is 0 Å². The Balaban J connectivity index is 2.08. The average Bonchev–Trinajstić information content (AvgIpc) is 2.45. The molecule has 0 saturated carbocycles. The molecular weight excluding hydrogens is 276 g/mol. The second kappa shape index (κ2) is 6.26. The summed E-state index contributed by atoms with van der Waals surface area (Å²) in [6.45, 7) is 4.82. The summed E-state index contributed by atoms with van der Waals surface area (Å²) in [6, 6.07) is 0.167. The number of ketones is 1. The summed E-state index contributed by atoms with van der Waals surface area (Å²) in [7, 11) is 1.16. The first kappa shape index (κ1) is 15.5. The zero-order valence-electron chi connectivity index (χ0n) is 12.5. The summed E-state index contributed by atoms with van der Waals surface area (Å²) in [6.07, 6.45) is 2.06. The van der Waals surface area contributed by atoms with Gasteiger partial charge < -0.3 is 19.3 Å². The minimum absolute atomic E-state index is 0.0342. The van der Waals surface area contributed by atoms with Gasteiger partial charge in [0, 0.05) is 17.8 Å². The van der Waals surface area contributed by atoms with E-state index >= 15 is 0 Å². The standard InChI is InChI=1S/C14H20N2O5/c1-9(13(18)14(19)20-3)6-15-7-11(17)16-10(2)4-5-21-12(16)8-15/h6,10,12H,4-5,7-8H2,1-3H3/t10-,12+/m1/s1. The lowest BCUT2D eigenvalue weighted by Crippen LogP contribution is -2.61. The molecule has 0 spiro atoms. The van der Waals surface area contributed by atoms with Crippen molar-refractivity contribution in [3.63, 3.8) is 0 Å². The lowest BCUT2D eigenvalue weighted by atomic mass is 10.1. The van der Waals surface area contributed by atoms with Gasteiger partial charge in [-0.05, 0) is 20.3 Å². The predicted molar refractivity (Wildman–Crippen MR) is 73.0 cm³/mol. The fourth-order valence-electron chi connectivity index (χ4n) is 2.63. The molecule has 0 unspecified atom stereocenters. The Kier molecular flexibility index (Phi) is 4.62. The molecule has 2 saturated heterocycles. The average molecular weight is 296 g/mol. The molecule has 21 heavy (non-hydrogen) atoms. The largest absolute Gasteiger partial charge is 0.463 e. The molecule has 0 aromatic carbocycles. The third-order valence-corrected chi connectivity index (χ3v) is 3.75. The van der Waals surface area contributed by atoms with Crippen molar-refractivity contribution >= 4 is 17.7 Å². The third-order valence-electron chi connectivity index (χ3n) is 3.75. The molecule has 2 atom stereocenters. The number of piperazine rings is 1. The summed E-state index contributed by atoms with van der Waals surface area (Å²) in [5.41, 5.74) is 0.243. The van der Waals surface area contributed by atoms with E-state index in [1.54, 1.807) is 9.80 Å². The first-order valence-electron chi connectivity index (χ1n) is 6.92. The van der Waals surface area contributed by atoms with Crippen LogP contribution in [-0.2, 0) is 23.9 Å². The van der Waals surface area contributed by atoms with E-state index in [0.717, 1.165) is 13.5 Å². The van der Waals surface area contributed by atoms with Crippen molar-refractivity contribution in [2.24, 2.45) is 0 Å². The molecule has 2 aliphatic heterocycles. The minimum atomic E-state index is -0.906. The third kappa shape index (κ3) is 3.24. The first-order chi connectivity index (χ1) is 9.93. The molecule has 2 aliphatic rings. The highest BCUT2D eigenvalue weighted by Crippen LogP contribution is 2.22. The van der Waals surface area contributed by atoms with Gasteiger partial charge in [-0.25, -0.2) is 4.79 Å². The topological polar surface area (TPSA) is 76.2 Å². The molecule has 7 nitrogen and oxygen atoms in total. The van der Waals surface area contributed by atoms with E-state index in [0.29, 0.717) is 13.2 Å². The Hall–Kier alpha value is -1.89. The van der Waals surface area contributed by atoms with Crippen LogP contribution >= 0.6 is 0 Å². The summed E-state index contributed by atoms with van der Waals surface area (Å²) >= 11 is 0. The number of esters is 1. The molecule has 0 N–H and O–H groups in total. The van der Waals surface area contributed by atoms with E-state index in [4.69, 9.17) is 4.74 Å². The Morgan fingerprint density at radius 3 is 2.81 bits per heavy atom. The lowest BCUT2D eigenvalue weighted by Gasteiger charge is -2.46. The number of carbonyl (C=O) groups excluding carboxylic acids is 3. The van der Waals surface area contributed by atoms with E-state index in [2.05, 4.69) is 4.74 Å². The van der Waals surface area contributed by atoms with Crippen LogP contribution in [0.4, 0.5) is 0 Å². The summed E-state index contributed by atoms with van der Waals surface area (Å²) in [5, 5.41) is 0. The molecule has 2 heterocycles. The fraction of sp³-hybridized carbons (Fsp3) is 0.643. The van der Waals surface area contributed by atoms with Crippen molar-refractivity contribution < 1.29 is 23.9 Å².